The molecule has 1 N–H and O–H groups in total. The molecule has 0 aliphatic heterocycles. The number of carbonyl (C=O) groups excluding carboxylic acids is 1. The quantitative estimate of drug-likeness (QED) is 0.438. The van der Waals surface area contributed by atoms with Crippen molar-refractivity contribution in [2.45, 2.75) is 6.54 Å². The smallest absolute Gasteiger partial charge is 0.255 e. The average molecular weight is 448 g/mol. The molecule has 1 amide bonds. The Morgan fingerprint density at radius 1 is 0.879 bits per heavy atom. The largest absolute Gasteiger partial charge is 0.497 e. The van der Waals surface area contributed by atoms with Crippen molar-refractivity contribution in [2.24, 2.45) is 0 Å². The molecule has 0 aliphatic carbocycles. The Morgan fingerprint density at radius 3 is 2.18 bits per heavy atom. The molecular formula is C24H24N4O5. The molecule has 4 rings (SSSR count). The standard InChI is InChI=1S/C24H24N4O5/c1-30-18-8-5-15(6-9-18)14-28-20-10-7-16(11-19(20)26-27-28)24(29)25-17-12-21(31-2)23(33-4)22(13-17)32-3/h5-13H,14H2,1-4H3,(H,25,29). The van der Waals surface area contributed by atoms with Gasteiger partial charge in [0, 0.05) is 23.4 Å². The van der Waals surface area contributed by atoms with Crippen molar-refractivity contribution in [1.82, 2.24) is 15.0 Å². The first kappa shape index (κ1) is 21.9. The number of amides is 1. The number of ether oxygens (including phenoxy) is 4. The Labute approximate surface area is 190 Å². The van der Waals surface area contributed by atoms with E-state index in [1.807, 2.05) is 30.3 Å². The molecule has 0 saturated heterocycles. The highest BCUT2D eigenvalue weighted by molar-refractivity contribution is 6.06. The van der Waals surface area contributed by atoms with E-state index in [1.165, 1.54) is 21.3 Å². The molecule has 3 aromatic carbocycles. The van der Waals surface area contributed by atoms with Crippen LogP contribution in [0.25, 0.3) is 11.0 Å². The van der Waals surface area contributed by atoms with Gasteiger partial charge in [0.05, 0.1) is 40.5 Å². The third kappa shape index (κ3) is 4.52. The average Bonchev–Trinajstić information content (AvgIpc) is 3.25. The Bertz CT molecular complexity index is 1260. The fraction of sp³-hybridized carbons (Fsp3) is 0.208. The molecular weight excluding hydrogens is 424 g/mol. The summed E-state index contributed by atoms with van der Waals surface area (Å²) in [6.07, 6.45) is 0. The summed E-state index contributed by atoms with van der Waals surface area (Å²) in [5, 5.41) is 11.3. The van der Waals surface area contributed by atoms with E-state index in [1.54, 1.807) is 36.1 Å². The van der Waals surface area contributed by atoms with Gasteiger partial charge in [-0.1, -0.05) is 17.3 Å². The molecule has 4 aromatic rings. The van der Waals surface area contributed by atoms with Gasteiger partial charge in [0.1, 0.15) is 11.3 Å². The van der Waals surface area contributed by atoms with E-state index in [2.05, 4.69) is 15.6 Å². The summed E-state index contributed by atoms with van der Waals surface area (Å²) in [6.45, 7) is 0.553. The van der Waals surface area contributed by atoms with Crippen molar-refractivity contribution in [3.05, 3.63) is 65.7 Å². The maximum atomic E-state index is 12.9. The van der Waals surface area contributed by atoms with Crippen molar-refractivity contribution in [3.8, 4) is 23.0 Å². The predicted octanol–water partition coefficient (Wildman–Crippen LogP) is 3.77. The van der Waals surface area contributed by atoms with Crippen LogP contribution in [0.15, 0.2) is 54.6 Å². The van der Waals surface area contributed by atoms with Crippen molar-refractivity contribution >= 4 is 22.6 Å². The van der Waals surface area contributed by atoms with Gasteiger partial charge in [-0.15, -0.1) is 5.10 Å². The minimum absolute atomic E-state index is 0.295. The van der Waals surface area contributed by atoms with Crippen LogP contribution in [-0.2, 0) is 6.54 Å². The predicted molar refractivity (Wildman–Crippen MR) is 124 cm³/mol. The summed E-state index contributed by atoms with van der Waals surface area (Å²) < 4.78 is 23.0. The van der Waals surface area contributed by atoms with Gasteiger partial charge >= 0.3 is 0 Å². The fourth-order valence-electron chi connectivity index (χ4n) is 3.49. The van der Waals surface area contributed by atoms with Crippen LogP contribution in [-0.4, -0.2) is 49.3 Å². The van der Waals surface area contributed by atoms with Crippen LogP contribution in [0.4, 0.5) is 5.69 Å². The molecule has 9 heteroatoms. The first-order valence-electron chi connectivity index (χ1n) is 10.1. The summed E-state index contributed by atoms with van der Waals surface area (Å²) in [5.74, 6) is 1.85. The SMILES string of the molecule is COc1ccc(Cn2nnc3cc(C(=O)Nc4cc(OC)c(OC)c(OC)c4)ccc32)cc1. The van der Waals surface area contributed by atoms with Crippen LogP contribution in [0.3, 0.4) is 0 Å². The number of rotatable bonds is 8. The van der Waals surface area contributed by atoms with Crippen molar-refractivity contribution in [3.63, 3.8) is 0 Å². The zero-order chi connectivity index (χ0) is 23.4. The lowest BCUT2D eigenvalue weighted by molar-refractivity contribution is 0.102. The number of nitrogens with zero attached hydrogens (tertiary/aromatic N) is 3. The molecule has 1 aromatic heterocycles. The summed E-state index contributed by atoms with van der Waals surface area (Å²) in [6, 6.07) is 16.4. The van der Waals surface area contributed by atoms with E-state index in [0.717, 1.165) is 16.8 Å². The zero-order valence-electron chi connectivity index (χ0n) is 18.8. The van der Waals surface area contributed by atoms with Gasteiger partial charge in [-0.2, -0.15) is 0 Å². The molecule has 0 saturated carbocycles. The van der Waals surface area contributed by atoms with Gasteiger partial charge in [-0.25, -0.2) is 4.68 Å². The second-order valence-corrected chi connectivity index (χ2v) is 7.17. The number of nitrogens with one attached hydrogen (secondary N) is 1. The van der Waals surface area contributed by atoms with Crippen LogP contribution in [0, 0.1) is 0 Å². The first-order chi connectivity index (χ1) is 16.1. The Kier molecular flexibility index (Phi) is 6.30. The van der Waals surface area contributed by atoms with Gasteiger partial charge in [0.25, 0.3) is 5.91 Å². The van der Waals surface area contributed by atoms with Crippen LogP contribution < -0.4 is 24.3 Å². The molecule has 0 radical (unpaired) electrons. The molecule has 33 heavy (non-hydrogen) atoms. The molecule has 0 fully saturated rings. The van der Waals surface area contributed by atoms with E-state index >= 15 is 0 Å². The number of methoxy groups -OCH3 is 4. The topological polar surface area (TPSA) is 96.7 Å². The third-order valence-corrected chi connectivity index (χ3v) is 5.19. The van der Waals surface area contributed by atoms with Gasteiger partial charge in [0.2, 0.25) is 5.75 Å². The normalized spacial score (nSPS) is 10.7. The van der Waals surface area contributed by atoms with E-state index in [0.29, 0.717) is 40.6 Å². The highest BCUT2D eigenvalue weighted by Gasteiger charge is 2.16. The molecule has 0 atom stereocenters. The van der Waals surface area contributed by atoms with Gasteiger partial charge < -0.3 is 24.3 Å². The van der Waals surface area contributed by atoms with E-state index in [9.17, 15) is 4.79 Å². The number of hydrogen-bond acceptors (Lipinski definition) is 7. The number of aromatic nitrogens is 3. The van der Waals surface area contributed by atoms with Crippen LogP contribution in [0.5, 0.6) is 23.0 Å². The van der Waals surface area contributed by atoms with Crippen LogP contribution >= 0.6 is 0 Å². The number of carbonyl (C=O) groups is 1. The number of anilines is 1. The van der Waals surface area contributed by atoms with Gasteiger partial charge in [-0.05, 0) is 35.9 Å². The number of hydrogen-bond donors (Lipinski definition) is 1. The minimum Gasteiger partial charge on any atom is -0.497 e. The van der Waals surface area contributed by atoms with Crippen LogP contribution in [0.2, 0.25) is 0 Å². The zero-order valence-corrected chi connectivity index (χ0v) is 18.8. The maximum absolute atomic E-state index is 12.9. The third-order valence-electron chi connectivity index (χ3n) is 5.19. The molecule has 170 valence electrons. The highest BCUT2D eigenvalue weighted by atomic mass is 16.5. The lowest BCUT2D eigenvalue weighted by atomic mass is 10.1. The summed E-state index contributed by atoms with van der Waals surface area (Å²) in [5.41, 5.74) is 3.48. The summed E-state index contributed by atoms with van der Waals surface area (Å²) >= 11 is 0. The van der Waals surface area contributed by atoms with Gasteiger partial charge in [0.15, 0.2) is 11.5 Å². The summed E-state index contributed by atoms with van der Waals surface area (Å²) in [7, 11) is 6.20. The molecule has 1 heterocycles. The monoisotopic (exact) mass is 448 g/mol. The Morgan fingerprint density at radius 2 is 1.58 bits per heavy atom. The number of fused-ring (bicyclic) bond motifs is 1. The lowest BCUT2D eigenvalue weighted by Gasteiger charge is -2.14. The van der Waals surface area contributed by atoms with Crippen LogP contribution in [0.1, 0.15) is 15.9 Å². The van der Waals surface area contributed by atoms with E-state index in [-0.39, 0.29) is 5.91 Å². The molecule has 0 spiro atoms. The molecule has 0 unspecified atom stereocenters. The maximum Gasteiger partial charge on any atom is 0.255 e. The number of benzene rings is 3. The van der Waals surface area contributed by atoms with E-state index < -0.39 is 0 Å². The lowest BCUT2D eigenvalue weighted by Crippen LogP contribution is -2.12. The van der Waals surface area contributed by atoms with Crippen molar-refractivity contribution in [2.75, 3.05) is 33.8 Å². The molecule has 0 aliphatic rings. The summed E-state index contributed by atoms with van der Waals surface area (Å²) in [4.78, 5) is 12.9. The molecule has 9 nitrogen and oxygen atoms in total. The second-order valence-electron chi connectivity index (χ2n) is 7.17. The Hall–Kier alpha value is -4.27. The fourth-order valence-corrected chi connectivity index (χ4v) is 3.49. The van der Waals surface area contributed by atoms with Crippen molar-refractivity contribution in [1.29, 1.82) is 0 Å². The van der Waals surface area contributed by atoms with E-state index in [4.69, 9.17) is 18.9 Å². The van der Waals surface area contributed by atoms with Gasteiger partial charge in [-0.3, -0.25) is 4.79 Å². The van der Waals surface area contributed by atoms with Crippen molar-refractivity contribution < 1.29 is 23.7 Å². The first-order valence-corrected chi connectivity index (χ1v) is 10.1. The minimum atomic E-state index is -0.295. The molecule has 0 bridgehead atoms. The highest BCUT2D eigenvalue weighted by Crippen LogP contribution is 2.40. The second kappa shape index (κ2) is 9.47. The Balaban J connectivity index is 1.55.